The molecule has 66 heavy (non-hydrogen) atoms. The van der Waals surface area contributed by atoms with Crippen molar-refractivity contribution in [2.75, 3.05) is 6.61 Å². The van der Waals surface area contributed by atoms with Crippen molar-refractivity contribution in [3.63, 3.8) is 0 Å². The normalized spacial score (nSPS) is 30.9. The molecule has 2 saturated carbocycles. The van der Waals surface area contributed by atoms with Crippen LogP contribution in [-0.4, -0.2) is 106 Å². The van der Waals surface area contributed by atoms with Crippen molar-refractivity contribution >= 4 is 35.6 Å². The average molecular weight is 910 g/mol. The summed E-state index contributed by atoms with van der Waals surface area (Å²) in [6.07, 6.45) is -9.82. The van der Waals surface area contributed by atoms with Crippen LogP contribution in [0.3, 0.4) is 0 Å². The second-order valence-corrected chi connectivity index (χ2v) is 19.6. The number of benzene rings is 3. The van der Waals surface area contributed by atoms with Gasteiger partial charge in [-0.05, 0) is 75.6 Å². The van der Waals surface area contributed by atoms with Crippen LogP contribution in [0.2, 0.25) is 0 Å². The summed E-state index contributed by atoms with van der Waals surface area (Å²) < 4.78 is 37.4. The van der Waals surface area contributed by atoms with Crippen molar-refractivity contribution in [3.05, 3.63) is 119 Å². The third-order valence-electron chi connectivity index (χ3n) is 13.9. The first kappa shape index (κ1) is 48.2. The number of ether oxygens (including phenoxy) is 6. The summed E-state index contributed by atoms with van der Waals surface area (Å²) in [6, 6.07) is 24.0. The van der Waals surface area contributed by atoms with E-state index in [0.29, 0.717) is 11.1 Å². The van der Waals surface area contributed by atoms with Crippen LogP contribution in [0, 0.1) is 16.7 Å². The average Bonchev–Trinajstić information content (AvgIpc) is 3.26. The highest BCUT2D eigenvalue weighted by molar-refractivity contribution is 5.96. The van der Waals surface area contributed by atoms with Crippen LogP contribution in [0.5, 0.6) is 0 Å². The second-order valence-electron chi connectivity index (χ2n) is 19.6. The lowest BCUT2D eigenvalue weighted by Gasteiger charge is -2.67. The van der Waals surface area contributed by atoms with Gasteiger partial charge in [0.15, 0.2) is 23.6 Å². The van der Waals surface area contributed by atoms with Gasteiger partial charge < -0.3 is 44.0 Å². The fraction of sp³-hybridized carbons (Fsp3) is 0.490. The van der Waals surface area contributed by atoms with E-state index in [1.165, 1.54) is 26.0 Å². The van der Waals surface area contributed by atoms with E-state index >= 15 is 9.59 Å². The van der Waals surface area contributed by atoms with Crippen molar-refractivity contribution in [2.24, 2.45) is 16.7 Å². The van der Waals surface area contributed by atoms with Crippen molar-refractivity contribution in [3.8, 4) is 0 Å². The molecule has 3 fully saturated rings. The van der Waals surface area contributed by atoms with E-state index in [-0.39, 0.29) is 29.7 Å². The molecule has 1 unspecified atom stereocenters. The summed E-state index contributed by atoms with van der Waals surface area (Å²) >= 11 is 0. The van der Waals surface area contributed by atoms with Gasteiger partial charge in [0.25, 0.3) is 5.91 Å². The molecule has 352 valence electrons. The number of nitrogens with one attached hydrogen (secondary N) is 1. The Morgan fingerprint density at radius 1 is 0.818 bits per heavy atom. The van der Waals surface area contributed by atoms with Crippen molar-refractivity contribution in [1.82, 2.24) is 5.32 Å². The number of fused-ring (bicyclic) bond motifs is 5. The van der Waals surface area contributed by atoms with Crippen LogP contribution in [-0.2, 0) is 47.6 Å². The van der Waals surface area contributed by atoms with Gasteiger partial charge in [-0.25, -0.2) is 9.59 Å². The Kier molecular flexibility index (Phi) is 13.0. The van der Waals surface area contributed by atoms with Crippen molar-refractivity contribution in [1.29, 1.82) is 0 Å². The van der Waals surface area contributed by atoms with E-state index in [2.05, 4.69) is 5.32 Å². The molecule has 15 nitrogen and oxygen atoms in total. The maximum atomic E-state index is 15.7. The SMILES string of the molecule is CC(=O)O[C@H]1C(=O)[C@]2(C)[C@@H](O)C[C@H]3OCC3(OC(C)=O)[C@@H]2[C@@H](OC(=O)c2ccccc2)[C@]2(O)C[C@H](OC(=O)[C@@H](OC(C)(C)C)[C@H](NC(=O)c3ccccc3)c3ccccc3)C(C)=C1C2(C)C. The molecule has 1 amide bonds. The van der Waals surface area contributed by atoms with Gasteiger partial charge in [0.2, 0.25) is 0 Å². The molecule has 1 saturated heterocycles. The first-order valence-corrected chi connectivity index (χ1v) is 22.2. The van der Waals surface area contributed by atoms with Crippen LogP contribution in [0.1, 0.15) is 107 Å². The highest BCUT2D eigenvalue weighted by Gasteiger charge is 2.78. The van der Waals surface area contributed by atoms with E-state index in [4.69, 9.17) is 28.4 Å². The third-order valence-corrected chi connectivity index (χ3v) is 13.9. The summed E-state index contributed by atoms with van der Waals surface area (Å²) in [7, 11) is 0. The lowest BCUT2D eigenvalue weighted by atomic mass is 9.44. The summed E-state index contributed by atoms with van der Waals surface area (Å²) in [4.78, 5) is 85.3. The smallest absolute Gasteiger partial charge is 0.338 e. The van der Waals surface area contributed by atoms with Gasteiger partial charge in [-0.2, -0.15) is 0 Å². The number of rotatable bonds is 11. The van der Waals surface area contributed by atoms with Crippen LogP contribution in [0.4, 0.5) is 0 Å². The van der Waals surface area contributed by atoms with Crippen LogP contribution in [0.25, 0.3) is 0 Å². The van der Waals surface area contributed by atoms with Crippen LogP contribution < -0.4 is 5.32 Å². The van der Waals surface area contributed by atoms with E-state index < -0.39 is 118 Å². The van der Waals surface area contributed by atoms with E-state index in [0.717, 1.165) is 6.92 Å². The summed E-state index contributed by atoms with van der Waals surface area (Å²) in [5.74, 6) is -6.39. The molecule has 3 aromatic carbocycles. The van der Waals surface area contributed by atoms with Crippen molar-refractivity contribution in [2.45, 2.75) is 135 Å². The summed E-state index contributed by atoms with van der Waals surface area (Å²) in [5, 5.41) is 29.0. The minimum Gasteiger partial charge on any atom is -0.456 e. The zero-order valence-corrected chi connectivity index (χ0v) is 38.7. The topological polar surface area (TPSA) is 210 Å². The van der Waals surface area contributed by atoms with E-state index in [1.807, 2.05) is 0 Å². The van der Waals surface area contributed by atoms with Gasteiger partial charge >= 0.3 is 23.9 Å². The number of ketones is 1. The molecule has 2 bridgehead atoms. The molecule has 3 aliphatic carbocycles. The Morgan fingerprint density at radius 3 is 1.92 bits per heavy atom. The fourth-order valence-corrected chi connectivity index (χ4v) is 10.7. The standard InChI is InChI=1S/C51H59NO14/c1-28-34(63-46(59)40(66-47(4,5)6)38(31-19-13-10-14-20-31)52-44(57)32-21-15-11-16-22-32)26-51(60)43(64-45(58)33-23-17-12-18-24-33)41-49(9,35(55)25-36-50(41,27-61-36)65-30(3)54)42(56)39(62-29(2)53)37(28)48(51,7)8/h10-24,34-36,38-41,43,55,60H,25-27H2,1-9H3,(H,52,57)/t34-,35-,36+,38+,39+,40-,41+,43+,49+,50?,51+/m0/s1. The lowest BCUT2D eigenvalue weighted by Crippen LogP contribution is -2.82. The molecule has 11 atom stereocenters. The summed E-state index contributed by atoms with van der Waals surface area (Å²) in [6.45, 7) is 13.4. The second kappa shape index (κ2) is 17.8. The molecule has 1 aliphatic heterocycles. The lowest BCUT2D eigenvalue weighted by molar-refractivity contribution is -0.346. The Hall–Kier alpha value is -5.74. The largest absolute Gasteiger partial charge is 0.456 e. The molecule has 15 heteroatoms. The van der Waals surface area contributed by atoms with Crippen molar-refractivity contribution < 1.29 is 67.4 Å². The van der Waals surface area contributed by atoms with Gasteiger partial charge in [0.1, 0.15) is 23.9 Å². The van der Waals surface area contributed by atoms with E-state index in [9.17, 15) is 29.4 Å². The highest BCUT2D eigenvalue weighted by Crippen LogP contribution is 2.64. The maximum absolute atomic E-state index is 15.7. The number of aliphatic hydroxyl groups excluding tert-OH is 1. The zero-order chi connectivity index (χ0) is 48.1. The fourth-order valence-electron chi connectivity index (χ4n) is 10.7. The number of hydrogen-bond donors (Lipinski definition) is 3. The van der Waals surface area contributed by atoms with Gasteiger partial charge in [-0.3, -0.25) is 19.2 Å². The summed E-state index contributed by atoms with van der Waals surface area (Å²) in [5.41, 5.74) is -7.63. The third kappa shape index (κ3) is 8.46. The number of Topliss-reactive ketones (excluding diaryl/α,β-unsaturated/α-hetero) is 1. The molecule has 7 rings (SSSR count). The number of carbonyl (C=O) groups excluding carboxylic acids is 6. The minimum absolute atomic E-state index is 0.0423. The molecule has 1 heterocycles. The number of hydrogen-bond acceptors (Lipinski definition) is 14. The predicted molar refractivity (Wildman–Crippen MR) is 236 cm³/mol. The monoisotopic (exact) mass is 909 g/mol. The highest BCUT2D eigenvalue weighted by atomic mass is 16.6. The maximum Gasteiger partial charge on any atom is 0.338 e. The minimum atomic E-state index is -2.37. The van der Waals surface area contributed by atoms with Gasteiger partial charge in [-0.15, -0.1) is 0 Å². The first-order chi connectivity index (χ1) is 31.0. The molecular formula is C51H59NO14. The Bertz CT molecular complexity index is 2400. The molecule has 0 spiro atoms. The quantitative estimate of drug-likeness (QED) is 0.122. The van der Waals surface area contributed by atoms with Gasteiger partial charge in [0.05, 0.1) is 41.3 Å². The molecule has 3 aromatic rings. The molecular weight excluding hydrogens is 851 g/mol. The van der Waals surface area contributed by atoms with Gasteiger partial charge in [-0.1, -0.05) is 80.6 Å². The molecule has 0 aromatic heterocycles. The number of carbonyl (C=O) groups is 6. The predicted octanol–water partition coefficient (Wildman–Crippen LogP) is 5.56. The first-order valence-electron chi connectivity index (χ1n) is 22.2. The van der Waals surface area contributed by atoms with E-state index in [1.54, 1.807) is 120 Å². The Labute approximate surface area is 384 Å². The van der Waals surface area contributed by atoms with Crippen LogP contribution >= 0.6 is 0 Å². The number of aliphatic hydroxyl groups is 2. The Morgan fingerprint density at radius 2 is 1.39 bits per heavy atom. The van der Waals surface area contributed by atoms with Gasteiger partial charge in [0, 0.05) is 37.7 Å². The number of amides is 1. The molecule has 0 radical (unpaired) electrons. The Balaban J connectivity index is 1.43. The van der Waals surface area contributed by atoms with Crippen LogP contribution in [0.15, 0.2) is 102 Å². The number of esters is 4. The molecule has 4 aliphatic rings. The molecule has 3 N–H and O–H groups in total. The zero-order valence-electron chi connectivity index (χ0n) is 38.7.